The van der Waals surface area contributed by atoms with Gasteiger partial charge in [-0.15, -0.1) is 11.8 Å². The number of nitrogens with two attached hydrogens (primary N) is 1. The quantitative estimate of drug-likeness (QED) is 0.664. The fraction of sp³-hybridized carbons (Fsp3) is 0.0714. The Bertz CT molecular complexity index is 664. The van der Waals surface area contributed by atoms with Crippen molar-refractivity contribution in [1.29, 1.82) is 0 Å². The predicted molar refractivity (Wildman–Crippen MR) is 82.0 cm³/mol. The van der Waals surface area contributed by atoms with E-state index >= 15 is 0 Å². The van der Waals surface area contributed by atoms with E-state index in [2.05, 4.69) is 5.32 Å². The van der Waals surface area contributed by atoms with Crippen molar-refractivity contribution in [2.45, 2.75) is 4.90 Å². The Hall–Kier alpha value is -1.72. The fourth-order valence-corrected chi connectivity index (χ4v) is 2.27. The summed E-state index contributed by atoms with van der Waals surface area (Å²) in [6.07, 6.45) is 1.91. The van der Waals surface area contributed by atoms with E-state index in [1.54, 1.807) is 12.1 Å². The fourth-order valence-electron chi connectivity index (χ4n) is 1.63. The third kappa shape index (κ3) is 3.23. The van der Waals surface area contributed by atoms with Gasteiger partial charge in [0.15, 0.2) is 0 Å². The van der Waals surface area contributed by atoms with Gasteiger partial charge >= 0.3 is 0 Å². The van der Waals surface area contributed by atoms with Crippen molar-refractivity contribution in [3.05, 3.63) is 52.8 Å². The molecule has 0 spiro atoms. The highest BCUT2D eigenvalue weighted by atomic mass is 35.5. The molecule has 20 heavy (non-hydrogen) atoms. The molecule has 104 valence electrons. The molecule has 0 unspecified atom stereocenters. The number of thioether (sulfide) groups is 1. The van der Waals surface area contributed by atoms with Crippen LogP contribution in [0.5, 0.6) is 0 Å². The van der Waals surface area contributed by atoms with Crippen molar-refractivity contribution < 1.29 is 9.18 Å². The minimum absolute atomic E-state index is 0.0215. The molecule has 3 N–H and O–H groups in total. The van der Waals surface area contributed by atoms with Crippen molar-refractivity contribution in [3.8, 4) is 0 Å². The lowest BCUT2D eigenvalue weighted by Gasteiger charge is -2.09. The van der Waals surface area contributed by atoms with Crippen LogP contribution in [-0.2, 0) is 0 Å². The Morgan fingerprint density at radius 2 is 2.05 bits per heavy atom. The molecule has 0 aliphatic heterocycles. The van der Waals surface area contributed by atoms with Crippen molar-refractivity contribution in [2.75, 3.05) is 17.3 Å². The van der Waals surface area contributed by atoms with Crippen LogP contribution in [0.15, 0.2) is 41.3 Å². The summed E-state index contributed by atoms with van der Waals surface area (Å²) < 4.78 is 13.1. The second-order valence-corrected chi connectivity index (χ2v) is 5.32. The van der Waals surface area contributed by atoms with Gasteiger partial charge in [-0.2, -0.15) is 0 Å². The minimum atomic E-state index is -0.523. The molecule has 0 aliphatic carbocycles. The molecule has 0 aromatic heterocycles. The second-order valence-electron chi connectivity index (χ2n) is 4.04. The van der Waals surface area contributed by atoms with Gasteiger partial charge < -0.3 is 11.1 Å². The normalized spacial score (nSPS) is 10.3. The first-order chi connectivity index (χ1) is 9.51. The zero-order valence-electron chi connectivity index (χ0n) is 10.6. The van der Waals surface area contributed by atoms with E-state index in [9.17, 15) is 9.18 Å². The number of hydrogen-bond donors (Lipinski definition) is 2. The first kappa shape index (κ1) is 14.7. The van der Waals surface area contributed by atoms with Gasteiger partial charge in [-0.1, -0.05) is 11.6 Å². The molecular weight excluding hydrogens is 299 g/mol. The summed E-state index contributed by atoms with van der Waals surface area (Å²) in [6, 6.07) is 9.20. The molecule has 6 heteroatoms. The number of benzene rings is 2. The van der Waals surface area contributed by atoms with Crippen LogP contribution >= 0.6 is 23.4 Å². The Balaban J connectivity index is 2.25. The molecule has 0 fully saturated rings. The number of carbonyl (C=O) groups excluding carboxylic acids is 1. The topological polar surface area (TPSA) is 55.1 Å². The van der Waals surface area contributed by atoms with Gasteiger partial charge in [0, 0.05) is 10.6 Å². The number of anilines is 2. The van der Waals surface area contributed by atoms with Crippen LogP contribution < -0.4 is 11.1 Å². The average molecular weight is 311 g/mol. The van der Waals surface area contributed by atoms with Crippen LogP contribution in [-0.4, -0.2) is 12.2 Å². The molecule has 0 atom stereocenters. The molecule has 0 heterocycles. The number of hydrogen-bond acceptors (Lipinski definition) is 3. The summed E-state index contributed by atoms with van der Waals surface area (Å²) in [7, 11) is 0. The van der Waals surface area contributed by atoms with Crippen molar-refractivity contribution in [2.24, 2.45) is 0 Å². The van der Waals surface area contributed by atoms with E-state index in [0.717, 1.165) is 4.90 Å². The summed E-state index contributed by atoms with van der Waals surface area (Å²) >= 11 is 7.53. The maximum absolute atomic E-state index is 13.1. The van der Waals surface area contributed by atoms with Gasteiger partial charge in [0.05, 0.1) is 16.3 Å². The number of nitrogens with one attached hydrogen (secondary N) is 1. The lowest BCUT2D eigenvalue weighted by Crippen LogP contribution is -2.13. The predicted octanol–water partition coefficient (Wildman–Crippen LogP) is 4.04. The number of amides is 1. The van der Waals surface area contributed by atoms with Gasteiger partial charge in [0.2, 0.25) is 0 Å². The lowest BCUT2D eigenvalue weighted by atomic mass is 10.2. The van der Waals surface area contributed by atoms with Crippen molar-refractivity contribution in [1.82, 2.24) is 0 Å². The number of carbonyl (C=O) groups is 1. The molecule has 3 nitrogen and oxygen atoms in total. The van der Waals surface area contributed by atoms with E-state index in [-0.39, 0.29) is 11.6 Å². The Morgan fingerprint density at radius 3 is 2.70 bits per heavy atom. The SMILES string of the molecule is CSc1ccc(Cl)c(C(=O)Nc2ccc(F)c(N)c2)c1. The first-order valence-corrected chi connectivity index (χ1v) is 7.31. The maximum atomic E-state index is 13.1. The van der Waals surface area contributed by atoms with E-state index in [4.69, 9.17) is 17.3 Å². The van der Waals surface area contributed by atoms with Gasteiger partial charge in [0.1, 0.15) is 5.82 Å². The largest absolute Gasteiger partial charge is 0.396 e. The molecule has 1 amide bonds. The van der Waals surface area contributed by atoms with E-state index < -0.39 is 5.82 Å². The molecule has 0 aliphatic rings. The van der Waals surface area contributed by atoms with Gasteiger partial charge in [-0.05, 0) is 42.7 Å². The Kier molecular flexibility index (Phi) is 4.52. The van der Waals surface area contributed by atoms with Crippen molar-refractivity contribution >= 4 is 40.6 Å². The highest BCUT2D eigenvalue weighted by molar-refractivity contribution is 7.98. The van der Waals surface area contributed by atoms with Gasteiger partial charge in [-0.3, -0.25) is 4.79 Å². The molecule has 0 radical (unpaired) electrons. The van der Waals surface area contributed by atoms with Gasteiger partial charge in [0.25, 0.3) is 5.91 Å². The molecule has 2 rings (SSSR count). The standard InChI is InChI=1S/C14H12ClFN2OS/c1-20-9-3-4-11(15)10(7-9)14(19)18-8-2-5-12(16)13(17)6-8/h2-7H,17H2,1H3,(H,18,19). The number of nitrogen functional groups attached to an aromatic ring is 1. The van der Waals surface area contributed by atoms with E-state index in [0.29, 0.717) is 16.3 Å². The van der Waals surface area contributed by atoms with Crippen LogP contribution in [0, 0.1) is 5.82 Å². The summed E-state index contributed by atoms with van der Waals surface area (Å²) in [5.41, 5.74) is 6.21. The van der Waals surface area contributed by atoms with Gasteiger partial charge in [-0.25, -0.2) is 4.39 Å². The molecular formula is C14H12ClFN2OS. The Labute approximate surface area is 125 Å². The Morgan fingerprint density at radius 1 is 1.30 bits per heavy atom. The van der Waals surface area contributed by atoms with E-state index in [1.165, 1.54) is 30.0 Å². The molecule has 0 bridgehead atoms. The van der Waals surface area contributed by atoms with Crippen molar-refractivity contribution in [3.63, 3.8) is 0 Å². The summed E-state index contributed by atoms with van der Waals surface area (Å²) in [6.45, 7) is 0. The first-order valence-electron chi connectivity index (χ1n) is 5.71. The zero-order chi connectivity index (χ0) is 14.7. The minimum Gasteiger partial charge on any atom is -0.396 e. The zero-order valence-corrected chi connectivity index (χ0v) is 12.2. The summed E-state index contributed by atoms with van der Waals surface area (Å²) in [5, 5.41) is 3.00. The number of halogens is 2. The average Bonchev–Trinajstić information content (AvgIpc) is 2.43. The van der Waals surface area contributed by atoms with E-state index in [1.807, 2.05) is 12.3 Å². The molecule has 0 saturated heterocycles. The maximum Gasteiger partial charge on any atom is 0.257 e. The molecule has 2 aromatic carbocycles. The van der Waals surface area contributed by atoms with Crippen LogP contribution in [0.1, 0.15) is 10.4 Å². The highest BCUT2D eigenvalue weighted by Gasteiger charge is 2.12. The highest BCUT2D eigenvalue weighted by Crippen LogP contribution is 2.24. The summed E-state index contributed by atoms with van der Waals surface area (Å²) in [4.78, 5) is 13.1. The van der Waals surface area contributed by atoms with Crippen LogP contribution in [0.2, 0.25) is 5.02 Å². The molecule has 2 aromatic rings. The third-order valence-electron chi connectivity index (χ3n) is 2.67. The smallest absolute Gasteiger partial charge is 0.257 e. The van der Waals surface area contributed by atoms with Crippen LogP contribution in [0.4, 0.5) is 15.8 Å². The van der Waals surface area contributed by atoms with Crippen LogP contribution in [0.25, 0.3) is 0 Å². The number of rotatable bonds is 3. The lowest BCUT2D eigenvalue weighted by molar-refractivity contribution is 0.102. The third-order valence-corrected chi connectivity index (χ3v) is 3.73. The van der Waals surface area contributed by atoms with Crippen LogP contribution in [0.3, 0.4) is 0 Å². The monoisotopic (exact) mass is 310 g/mol. The molecule has 0 saturated carbocycles. The summed E-state index contributed by atoms with van der Waals surface area (Å²) in [5.74, 6) is -0.887. The second kappa shape index (κ2) is 6.15.